The molecule has 1 amide bonds. The summed E-state index contributed by atoms with van der Waals surface area (Å²) in [4.78, 5) is 32.1. The number of hydrogen-bond acceptors (Lipinski definition) is 5. The quantitative estimate of drug-likeness (QED) is 0.727. The zero-order valence-electron chi connectivity index (χ0n) is 13.4. The molecule has 7 nitrogen and oxygen atoms in total. The zero-order chi connectivity index (χ0) is 16.7. The fraction of sp³-hybridized carbons (Fsp3) is 0.333. The van der Waals surface area contributed by atoms with Gasteiger partial charge >= 0.3 is 0 Å². The summed E-state index contributed by atoms with van der Waals surface area (Å²) in [5.74, 6) is -0.234. The van der Waals surface area contributed by atoms with Crippen LogP contribution in [0.25, 0.3) is 4.96 Å². The second-order valence-electron chi connectivity index (χ2n) is 5.48. The van der Waals surface area contributed by atoms with E-state index in [0.29, 0.717) is 6.54 Å². The van der Waals surface area contributed by atoms with Gasteiger partial charge in [0.1, 0.15) is 5.69 Å². The fourth-order valence-corrected chi connectivity index (χ4v) is 3.30. The topological polar surface area (TPSA) is 72.5 Å². The third-order valence-corrected chi connectivity index (χ3v) is 4.55. The van der Waals surface area contributed by atoms with Crippen molar-refractivity contribution in [1.82, 2.24) is 24.1 Å². The number of imidazole rings is 1. The Hall–Kier alpha value is -2.48. The summed E-state index contributed by atoms with van der Waals surface area (Å²) in [5.41, 5.74) is 1.88. The highest BCUT2D eigenvalue weighted by atomic mass is 32.1. The second kappa shape index (κ2) is 5.62. The van der Waals surface area contributed by atoms with E-state index in [1.807, 2.05) is 24.4 Å². The molecule has 0 N–H and O–H groups in total. The van der Waals surface area contributed by atoms with E-state index in [-0.39, 0.29) is 17.2 Å². The lowest BCUT2D eigenvalue weighted by molar-refractivity contribution is 0.0774. The molecule has 0 unspecified atom stereocenters. The molecule has 3 aromatic heterocycles. The number of nitrogens with zero attached hydrogens (tertiary/aromatic N) is 5. The van der Waals surface area contributed by atoms with E-state index < -0.39 is 0 Å². The van der Waals surface area contributed by atoms with Crippen molar-refractivity contribution in [2.24, 2.45) is 7.05 Å². The van der Waals surface area contributed by atoms with Gasteiger partial charge in [-0.25, -0.2) is 9.67 Å². The molecule has 3 heterocycles. The molecule has 3 aromatic rings. The van der Waals surface area contributed by atoms with Crippen LogP contribution in [0.5, 0.6) is 0 Å². The highest BCUT2D eigenvalue weighted by Crippen LogP contribution is 2.21. The number of fused-ring (bicyclic) bond motifs is 1. The fourth-order valence-electron chi connectivity index (χ4n) is 2.41. The lowest BCUT2D eigenvalue weighted by Crippen LogP contribution is -2.30. The molecule has 0 bridgehead atoms. The summed E-state index contributed by atoms with van der Waals surface area (Å²) in [6, 6.07) is 2.80. The Morgan fingerprint density at radius 1 is 1.35 bits per heavy atom. The van der Waals surface area contributed by atoms with Gasteiger partial charge in [0.2, 0.25) is 0 Å². The molecule has 120 valence electrons. The smallest absolute Gasteiger partial charge is 0.274 e. The second-order valence-corrected chi connectivity index (χ2v) is 6.69. The van der Waals surface area contributed by atoms with Gasteiger partial charge in [-0.2, -0.15) is 5.10 Å². The van der Waals surface area contributed by atoms with Crippen molar-refractivity contribution in [3.63, 3.8) is 0 Å². The van der Waals surface area contributed by atoms with Crippen LogP contribution >= 0.6 is 11.3 Å². The molecule has 0 fully saturated rings. The van der Waals surface area contributed by atoms with Crippen LogP contribution in [0, 0.1) is 13.8 Å². The van der Waals surface area contributed by atoms with Crippen LogP contribution in [0.15, 0.2) is 23.1 Å². The number of carbonyl (C=O) groups excluding carboxylic acids is 1. The summed E-state index contributed by atoms with van der Waals surface area (Å²) in [6.07, 6.45) is 2.03. The molecule has 3 rings (SSSR count). The minimum atomic E-state index is -0.244. The average Bonchev–Trinajstić information content (AvgIpc) is 2.98. The Morgan fingerprint density at radius 3 is 2.78 bits per heavy atom. The molecule has 0 aromatic carbocycles. The van der Waals surface area contributed by atoms with Gasteiger partial charge in [0, 0.05) is 31.2 Å². The van der Waals surface area contributed by atoms with E-state index in [4.69, 9.17) is 0 Å². The first-order valence-corrected chi connectivity index (χ1v) is 7.92. The largest absolute Gasteiger partial charge is 0.334 e. The SMILES string of the molecule is Cc1cn2c(CN(C)C(=O)c3ccc(=O)n(C)n3)c(C)nc2s1. The molecule has 0 radical (unpaired) electrons. The summed E-state index contributed by atoms with van der Waals surface area (Å²) in [6.45, 7) is 4.39. The molecule has 0 aliphatic carbocycles. The van der Waals surface area contributed by atoms with Gasteiger partial charge in [-0.1, -0.05) is 0 Å². The van der Waals surface area contributed by atoms with E-state index in [9.17, 15) is 9.59 Å². The highest BCUT2D eigenvalue weighted by Gasteiger charge is 2.18. The van der Waals surface area contributed by atoms with Gasteiger partial charge < -0.3 is 4.90 Å². The summed E-state index contributed by atoms with van der Waals surface area (Å²) in [7, 11) is 3.24. The van der Waals surface area contributed by atoms with Crippen molar-refractivity contribution < 1.29 is 4.79 Å². The number of thiazole rings is 1. The van der Waals surface area contributed by atoms with E-state index >= 15 is 0 Å². The first-order valence-electron chi connectivity index (χ1n) is 7.10. The number of aryl methyl sites for hydroxylation is 3. The van der Waals surface area contributed by atoms with Crippen molar-refractivity contribution in [1.29, 1.82) is 0 Å². The molecule has 8 heteroatoms. The van der Waals surface area contributed by atoms with Crippen molar-refractivity contribution in [3.8, 4) is 0 Å². The third kappa shape index (κ3) is 2.77. The van der Waals surface area contributed by atoms with Crippen LogP contribution in [0.3, 0.4) is 0 Å². The molecule has 23 heavy (non-hydrogen) atoms. The minimum absolute atomic E-state index is 0.234. The van der Waals surface area contributed by atoms with Crippen molar-refractivity contribution in [2.75, 3.05) is 7.05 Å². The Morgan fingerprint density at radius 2 is 2.09 bits per heavy atom. The maximum atomic E-state index is 12.5. The summed E-state index contributed by atoms with van der Waals surface area (Å²) in [5, 5.41) is 4.00. The predicted octanol–water partition coefficient (Wildman–Crippen LogP) is 1.38. The lowest BCUT2D eigenvalue weighted by atomic mass is 10.3. The minimum Gasteiger partial charge on any atom is -0.334 e. The van der Waals surface area contributed by atoms with Crippen LogP contribution < -0.4 is 5.56 Å². The summed E-state index contributed by atoms with van der Waals surface area (Å²) < 4.78 is 3.18. The van der Waals surface area contributed by atoms with Gasteiger partial charge in [-0.3, -0.25) is 14.0 Å². The summed E-state index contributed by atoms with van der Waals surface area (Å²) >= 11 is 1.62. The number of amides is 1. The Labute approximate surface area is 136 Å². The van der Waals surface area contributed by atoms with Crippen LogP contribution in [-0.2, 0) is 13.6 Å². The molecule has 0 saturated heterocycles. The molecule has 0 spiro atoms. The van der Waals surface area contributed by atoms with E-state index in [1.54, 1.807) is 23.3 Å². The number of hydrogen-bond donors (Lipinski definition) is 0. The normalized spacial score (nSPS) is 11.1. The first kappa shape index (κ1) is 15.4. The van der Waals surface area contributed by atoms with Crippen LogP contribution in [0.4, 0.5) is 0 Å². The molecular weight excluding hydrogens is 314 g/mol. The number of aromatic nitrogens is 4. The van der Waals surface area contributed by atoms with E-state index in [0.717, 1.165) is 21.0 Å². The molecule has 0 aliphatic rings. The van der Waals surface area contributed by atoms with Crippen molar-refractivity contribution >= 4 is 22.2 Å². The Balaban J connectivity index is 1.89. The molecule has 0 atom stereocenters. The predicted molar refractivity (Wildman–Crippen MR) is 87.8 cm³/mol. The van der Waals surface area contributed by atoms with E-state index in [1.165, 1.54) is 24.1 Å². The standard InChI is InChI=1S/C15H17N5O2S/c1-9-7-20-12(10(2)16-15(20)23-9)8-18(3)14(22)11-5-6-13(21)19(4)17-11/h5-7H,8H2,1-4H3. The Kier molecular flexibility index (Phi) is 3.77. The molecule has 0 aliphatic heterocycles. The van der Waals surface area contributed by atoms with Crippen LogP contribution in [0.1, 0.15) is 26.8 Å². The van der Waals surface area contributed by atoms with Gasteiger partial charge in [0.05, 0.1) is 17.9 Å². The van der Waals surface area contributed by atoms with Gasteiger partial charge in [0.15, 0.2) is 4.96 Å². The van der Waals surface area contributed by atoms with Gasteiger partial charge in [-0.05, 0) is 19.9 Å². The maximum Gasteiger partial charge on any atom is 0.274 e. The average molecular weight is 331 g/mol. The zero-order valence-corrected chi connectivity index (χ0v) is 14.2. The lowest BCUT2D eigenvalue weighted by Gasteiger charge is -2.17. The Bertz CT molecular complexity index is 953. The number of rotatable bonds is 3. The van der Waals surface area contributed by atoms with E-state index in [2.05, 4.69) is 10.1 Å². The van der Waals surface area contributed by atoms with Crippen LogP contribution in [-0.4, -0.2) is 37.0 Å². The van der Waals surface area contributed by atoms with Crippen molar-refractivity contribution in [2.45, 2.75) is 20.4 Å². The molecule has 0 saturated carbocycles. The van der Waals surface area contributed by atoms with Gasteiger partial charge in [-0.15, -0.1) is 11.3 Å². The number of carbonyl (C=O) groups is 1. The maximum absolute atomic E-state index is 12.5. The monoisotopic (exact) mass is 331 g/mol. The van der Waals surface area contributed by atoms with Crippen LogP contribution in [0.2, 0.25) is 0 Å². The van der Waals surface area contributed by atoms with Crippen molar-refractivity contribution in [3.05, 3.63) is 50.6 Å². The first-order chi connectivity index (χ1) is 10.9. The molecular formula is C15H17N5O2S. The highest BCUT2D eigenvalue weighted by molar-refractivity contribution is 7.17. The van der Waals surface area contributed by atoms with Gasteiger partial charge in [0.25, 0.3) is 11.5 Å². The third-order valence-electron chi connectivity index (χ3n) is 3.65.